The van der Waals surface area contributed by atoms with E-state index in [0.717, 1.165) is 34.6 Å². The van der Waals surface area contributed by atoms with Crippen LogP contribution in [0, 0.1) is 0 Å². The van der Waals surface area contributed by atoms with Crippen molar-refractivity contribution in [3.8, 4) is 11.5 Å². The van der Waals surface area contributed by atoms with Gasteiger partial charge in [0.2, 0.25) is 0 Å². The van der Waals surface area contributed by atoms with Gasteiger partial charge in [-0.25, -0.2) is 4.98 Å². The molecule has 0 spiro atoms. The number of anilines is 1. The number of carbonyl (C=O) groups excluding carboxylic acids is 1. The highest BCUT2D eigenvalue weighted by atomic mass is 16.5. The van der Waals surface area contributed by atoms with Crippen molar-refractivity contribution >= 4 is 12.1 Å². The fraction of sp³-hybridized carbons (Fsp3) is 0.263. The van der Waals surface area contributed by atoms with E-state index in [1.807, 2.05) is 43.3 Å². The Morgan fingerprint density at radius 1 is 1.24 bits per heavy atom. The van der Waals surface area contributed by atoms with E-state index in [0.29, 0.717) is 12.2 Å². The molecule has 0 radical (unpaired) electrons. The molecule has 0 amide bonds. The Hall–Kier alpha value is -3.02. The van der Waals surface area contributed by atoms with Crippen LogP contribution in [0.3, 0.4) is 0 Å². The number of nitrogens with zero attached hydrogens (tertiary/aromatic N) is 2. The van der Waals surface area contributed by atoms with Gasteiger partial charge in [0.1, 0.15) is 29.6 Å². The number of hydrogen-bond donors (Lipinski definition) is 1. The summed E-state index contributed by atoms with van der Waals surface area (Å²) in [5, 5.41) is 1.78. The quantitative estimate of drug-likeness (QED) is 0.816. The van der Waals surface area contributed by atoms with Crippen LogP contribution in [0.4, 0.5) is 5.82 Å². The smallest absolute Gasteiger partial charge is 0.148 e. The van der Waals surface area contributed by atoms with E-state index in [-0.39, 0.29) is 0 Å². The van der Waals surface area contributed by atoms with E-state index >= 15 is 0 Å². The number of hydrazine groups is 1. The topological polar surface area (TPSA) is 63.7 Å². The normalized spacial score (nSPS) is 16.6. The monoisotopic (exact) mass is 339 g/mol. The van der Waals surface area contributed by atoms with Gasteiger partial charge < -0.3 is 19.7 Å². The summed E-state index contributed by atoms with van der Waals surface area (Å²) in [4.78, 5) is 16.1. The maximum absolute atomic E-state index is 11.8. The first-order valence-corrected chi connectivity index (χ1v) is 8.00. The molecule has 1 aliphatic rings. The number of rotatable bonds is 6. The van der Waals surface area contributed by atoms with Gasteiger partial charge in [-0.15, -0.1) is 0 Å². The van der Waals surface area contributed by atoms with Crippen molar-refractivity contribution in [2.75, 3.05) is 19.2 Å². The number of aldehydes is 1. The number of benzene rings is 1. The zero-order valence-corrected chi connectivity index (χ0v) is 14.5. The third-order valence-electron chi connectivity index (χ3n) is 4.30. The number of hydrogen-bond acceptors (Lipinski definition) is 6. The SMILES string of the molecule is COc1ccc(OC)c(CC2=C(C)NN(c3ccccn3)C2C=O)c1. The molecular weight excluding hydrogens is 318 g/mol. The van der Waals surface area contributed by atoms with Crippen molar-refractivity contribution in [2.24, 2.45) is 0 Å². The predicted molar refractivity (Wildman–Crippen MR) is 95.7 cm³/mol. The fourth-order valence-corrected chi connectivity index (χ4v) is 3.00. The maximum atomic E-state index is 11.8. The molecular formula is C19H21N3O3. The lowest BCUT2D eigenvalue weighted by Gasteiger charge is -2.23. The molecule has 2 heterocycles. The largest absolute Gasteiger partial charge is 0.497 e. The minimum absolute atomic E-state index is 0.425. The van der Waals surface area contributed by atoms with Crippen LogP contribution in [0.2, 0.25) is 0 Å². The Kier molecular flexibility index (Phi) is 4.88. The highest BCUT2D eigenvalue weighted by molar-refractivity contribution is 5.72. The summed E-state index contributed by atoms with van der Waals surface area (Å²) in [7, 11) is 3.26. The molecule has 0 bridgehead atoms. The van der Waals surface area contributed by atoms with Crippen LogP contribution < -0.4 is 19.9 Å². The predicted octanol–water partition coefficient (Wildman–Crippen LogP) is 2.51. The molecule has 1 N–H and O–H groups in total. The van der Waals surface area contributed by atoms with Crippen LogP contribution in [-0.2, 0) is 11.2 Å². The first-order valence-electron chi connectivity index (χ1n) is 8.00. The minimum atomic E-state index is -0.425. The summed E-state index contributed by atoms with van der Waals surface area (Å²) >= 11 is 0. The lowest BCUT2D eigenvalue weighted by molar-refractivity contribution is -0.108. The second-order valence-corrected chi connectivity index (χ2v) is 5.76. The molecule has 1 atom stereocenters. The molecule has 1 aromatic carbocycles. The van der Waals surface area contributed by atoms with Crippen molar-refractivity contribution < 1.29 is 14.3 Å². The lowest BCUT2D eigenvalue weighted by Crippen LogP contribution is -2.41. The van der Waals surface area contributed by atoms with Gasteiger partial charge in [-0.05, 0) is 42.8 Å². The maximum Gasteiger partial charge on any atom is 0.148 e. The third-order valence-corrected chi connectivity index (χ3v) is 4.30. The number of allylic oxidation sites excluding steroid dienone is 1. The molecule has 1 aromatic heterocycles. The number of ether oxygens (including phenoxy) is 2. The van der Waals surface area contributed by atoms with E-state index < -0.39 is 6.04 Å². The highest BCUT2D eigenvalue weighted by Gasteiger charge is 2.32. The van der Waals surface area contributed by atoms with Crippen LogP contribution in [0.1, 0.15) is 12.5 Å². The average Bonchev–Trinajstić information content (AvgIpc) is 2.98. The van der Waals surface area contributed by atoms with Crippen LogP contribution in [-0.4, -0.2) is 31.5 Å². The molecule has 25 heavy (non-hydrogen) atoms. The lowest BCUT2D eigenvalue weighted by atomic mass is 9.97. The number of nitrogens with one attached hydrogen (secondary N) is 1. The zero-order chi connectivity index (χ0) is 17.8. The van der Waals surface area contributed by atoms with Gasteiger partial charge in [-0.3, -0.25) is 5.01 Å². The molecule has 0 aliphatic carbocycles. The van der Waals surface area contributed by atoms with Crippen molar-refractivity contribution in [3.63, 3.8) is 0 Å². The third kappa shape index (κ3) is 3.28. The Morgan fingerprint density at radius 3 is 2.72 bits per heavy atom. The molecule has 3 rings (SSSR count). The van der Waals surface area contributed by atoms with Crippen LogP contribution in [0.15, 0.2) is 53.9 Å². The van der Waals surface area contributed by atoms with Gasteiger partial charge in [0, 0.05) is 23.9 Å². The van der Waals surface area contributed by atoms with Gasteiger partial charge in [0.15, 0.2) is 0 Å². The van der Waals surface area contributed by atoms with Crippen molar-refractivity contribution in [2.45, 2.75) is 19.4 Å². The molecule has 1 unspecified atom stereocenters. The van der Waals surface area contributed by atoms with Gasteiger partial charge in [0.05, 0.1) is 14.2 Å². The molecule has 130 valence electrons. The van der Waals surface area contributed by atoms with E-state index in [4.69, 9.17) is 9.47 Å². The first-order chi connectivity index (χ1) is 12.2. The van der Waals surface area contributed by atoms with Crippen molar-refractivity contribution in [1.29, 1.82) is 0 Å². The van der Waals surface area contributed by atoms with E-state index in [9.17, 15) is 4.79 Å². The summed E-state index contributed by atoms with van der Waals surface area (Å²) < 4.78 is 10.8. The van der Waals surface area contributed by atoms with Gasteiger partial charge >= 0.3 is 0 Å². The molecule has 2 aromatic rings. The summed E-state index contributed by atoms with van der Waals surface area (Å²) in [5.74, 6) is 2.22. The number of methoxy groups -OCH3 is 2. The second kappa shape index (κ2) is 7.25. The number of carbonyl (C=O) groups is 1. The molecule has 6 nitrogen and oxygen atoms in total. The molecule has 6 heteroatoms. The Bertz CT molecular complexity index is 790. The van der Waals surface area contributed by atoms with Crippen LogP contribution in [0.5, 0.6) is 11.5 Å². The Labute approximate surface area is 147 Å². The van der Waals surface area contributed by atoms with E-state index in [2.05, 4.69) is 10.4 Å². The minimum Gasteiger partial charge on any atom is -0.497 e. The molecule has 0 saturated carbocycles. The summed E-state index contributed by atoms with van der Waals surface area (Å²) in [6, 6.07) is 10.8. The summed E-state index contributed by atoms with van der Waals surface area (Å²) in [5.41, 5.74) is 6.14. The number of pyridine rings is 1. The van der Waals surface area contributed by atoms with Crippen molar-refractivity contribution in [3.05, 3.63) is 59.4 Å². The zero-order valence-electron chi connectivity index (χ0n) is 14.5. The van der Waals surface area contributed by atoms with Crippen molar-refractivity contribution in [1.82, 2.24) is 10.4 Å². The Morgan fingerprint density at radius 2 is 2.08 bits per heavy atom. The van der Waals surface area contributed by atoms with E-state index in [1.165, 1.54) is 0 Å². The highest BCUT2D eigenvalue weighted by Crippen LogP contribution is 2.31. The average molecular weight is 339 g/mol. The second-order valence-electron chi connectivity index (χ2n) is 5.76. The standard InChI is InChI=1S/C19H21N3O3/c1-13-16(11-14-10-15(24-2)7-8-18(14)25-3)17(12-23)22(21-13)19-6-4-5-9-20-19/h4-10,12,17,21H,11H2,1-3H3. The summed E-state index contributed by atoms with van der Waals surface area (Å²) in [6.45, 7) is 1.96. The first kappa shape index (κ1) is 16.8. The summed E-state index contributed by atoms with van der Waals surface area (Å²) in [6.07, 6.45) is 3.21. The van der Waals surface area contributed by atoms with Gasteiger partial charge in [0.25, 0.3) is 0 Å². The number of aromatic nitrogens is 1. The Balaban J connectivity index is 1.92. The van der Waals surface area contributed by atoms with Gasteiger partial charge in [-0.1, -0.05) is 6.07 Å². The molecule has 0 saturated heterocycles. The van der Waals surface area contributed by atoms with Gasteiger partial charge in [-0.2, -0.15) is 0 Å². The molecule has 0 fully saturated rings. The van der Waals surface area contributed by atoms with Crippen LogP contribution in [0.25, 0.3) is 0 Å². The fourth-order valence-electron chi connectivity index (χ4n) is 3.00. The molecule has 1 aliphatic heterocycles. The van der Waals surface area contributed by atoms with E-state index in [1.54, 1.807) is 25.4 Å². The van der Waals surface area contributed by atoms with Crippen LogP contribution >= 0.6 is 0 Å².